The van der Waals surface area contributed by atoms with Crippen LogP contribution in [0.3, 0.4) is 0 Å². The summed E-state index contributed by atoms with van der Waals surface area (Å²) in [5.41, 5.74) is -0.493. The first-order chi connectivity index (χ1) is 8.35. The first-order valence-electron chi connectivity index (χ1n) is 6.46. The number of alkyl carbamates (subject to hydrolysis) is 1. The van der Waals surface area contributed by atoms with Crippen molar-refractivity contribution in [2.45, 2.75) is 45.3 Å². The molecular formula is C13H21NO4. The maximum Gasteiger partial charge on any atom is 0.407 e. The van der Waals surface area contributed by atoms with Crippen molar-refractivity contribution in [1.29, 1.82) is 0 Å². The van der Waals surface area contributed by atoms with Gasteiger partial charge < -0.3 is 14.8 Å². The van der Waals surface area contributed by atoms with Crippen LogP contribution in [-0.2, 0) is 14.3 Å². The molecule has 0 aromatic heterocycles. The number of ether oxygens (including phenoxy) is 2. The lowest BCUT2D eigenvalue weighted by Gasteiger charge is -2.37. The molecule has 5 heteroatoms. The molecule has 2 rings (SSSR count). The minimum absolute atomic E-state index is 0.0245. The van der Waals surface area contributed by atoms with E-state index in [9.17, 15) is 9.59 Å². The Morgan fingerprint density at radius 1 is 1.28 bits per heavy atom. The van der Waals surface area contributed by atoms with Crippen LogP contribution in [0.1, 0.15) is 33.6 Å². The van der Waals surface area contributed by atoms with Crippen LogP contribution in [0.25, 0.3) is 0 Å². The number of nitrogens with one attached hydrogen (secondary N) is 1. The van der Waals surface area contributed by atoms with Gasteiger partial charge in [0.05, 0.1) is 13.2 Å². The molecule has 0 aromatic carbocycles. The number of rotatable bonds is 1. The molecule has 1 amide bonds. The normalized spacial score (nSPS) is 31.9. The van der Waals surface area contributed by atoms with E-state index >= 15 is 0 Å². The summed E-state index contributed by atoms with van der Waals surface area (Å²) in [6.07, 6.45) is 0.921. The summed E-state index contributed by atoms with van der Waals surface area (Å²) in [6.45, 7) is 6.47. The van der Waals surface area contributed by atoms with Gasteiger partial charge in [-0.1, -0.05) is 0 Å². The Kier molecular flexibility index (Phi) is 3.61. The zero-order chi connectivity index (χ0) is 13.3. The van der Waals surface area contributed by atoms with Crippen molar-refractivity contribution < 1.29 is 19.1 Å². The molecular weight excluding hydrogens is 234 g/mol. The fourth-order valence-electron chi connectivity index (χ4n) is 2.59. The quantitative estimate of drug-likeness (QED) is 0.771. The van der Waals surface area contributed by atoms with Crippen molar-refractivity contribution >= 4 is 11.9 Å². The number of ketones is 1. The Labute approximate surface area is 107 Å². The Hall–Kier alpha value is -1.10. The number of Topliss-reactive ketones (excluding diaryl/α,β-unsaturated/α-hetero) is 1. The SMILES string of the molecule is CC(C)(C)OC(=O)NC1C[C@H]2COC[C@@H](C1)C2=O. The van der Waals surface area contributed by atoms with Crippen molar-refractivity contribution in [2.24, 2.45) is 11.8 Å². The number of carbonyl (C=O) groups is 2. The van der Waals surface area contributed by atoms with Crippen LogP contribution in [0.2, 0.25) is 0 Å². The van der Waals surface area contributed by atoms with E-state index in [4.69, 9.17) is 9.47 Å². The Bertz CT molecular complexity index is 331. The molecule has 1 N–H and O–H groups in total. The molecule has 3 atom stereocenters. The highest BCUT2D eigenvalue weighted by Gasteiger charge is 2.40. The van der Waals surface area contributed by atoms with Gasteiger partial charge in [-0.2, -0.15) is 0 Å². The molecule has 18 heavy (non-hydrogen) atoms. The summed E-state index contributed by atoms with van der Waals surface area (Å²) < 4.78 is 10.6. The van der Waals surface area contributed by atoms with Gasteiger partial charge in [-0.05, 0) is 33.6 Å². The minimum atomic E-state index is -0.493. The summed E-state index contributed by atoms with van der Waals surface area (Å²) in [5.74, 6) is 0.179. The smallest absolute Gasteiger partial charge is 0.407 e. The molecule has 1 aliphatic heterocycles. The predicted molar refractivity (Wildman–Crippen MR) is 65.2 cm³/mol. The molecule has 2 aliphatic rings. The highest BCUT2D eigenvalue weighted by Crippen LogP contribution is 2.30. The van der Waals surface area contributed by atoms with Crippen LogP contribution in [0.5, 0.6) is 0 Å². The molecule has 2 fully saturated rings. The number of hydrogen-bond donors (Lipinski definition) is 1. The second-order valence-corrected chi connectivity index (χ2v) is 6.15. The Morgan fingerprint density at radius 2 is 1.83 bits per heavy atom. The third-order valence-corrected chi connectivity index (χ3v) is 3.30. The van der Waals surface area contributed by atoms with E-state index in [1.54, 1.807) is 0 Å². The van der Waals surface area contributed by atoms with E-state index in [2.05, 4.69) is 5.32 Å². The highest BCUT2D eigenvalue weighted by atomic mass is 16.6. The van der Waals surface area contributed by atoms with Gasteiger partial charge in [0.15, 0.2) is 0 Å². The zero-order valence-electron chi connectivity index (χ0n) is 11.2. The number of fused-ring (bicyclic) bond motifs is 2. The molecule has 0 aromatic rings. The molecule has 0 radical (unpaired) electrons. The van der Waals surface area contributed by atoms with Crippen molar-refractivity contribution in [3.05, 3.63) is 0 Å². The van der Waals surface area contributed by atoms with Crippen molar-refractivity contribution in [3.63, 3.8) is 0 Å². The van der Waals surface area contributed by atoms with Crippen LogP contribution in [0.4, 0.5) is 4.79 Å². The second-order valence-electron chi connectivity index (χ2n) is 6.15. The van der Waals surface area contributed by atoms with E-state index in [1.807, 2.05) is 20.8 Å². The third kappa shape index (κ3) is 3.22. The molecule has 1 saturated heterocycles. The van der Waals surface area contributed by atoms with E-state index < -0.39 is 11.7 Å². The van der Waals surface area contributed by atoms with Gasteiger partial charge in [-0.15, -0.1) is 0 Å². The highest BCUT2D eigenvalue weighted by molar-refractivity contribution is 5.85. The largest absolute Gasteiger partial charge is 0.444 e. The molecule has 5 nitrogen and oxygen atoms in total. The number of hydrogen-bond acceptors (Lipinski definition) is 4. The molecule has 0 spiro atoms. The average Bonchev–Trinajstić information content (AvgIpc) is 2.16. The molecule has 2 bridgehead atoms. The summed E-state index contributed by atoms with van der Waals surface area (Å²) in [5, 5.41) is 2.86. The van der Waals surface area contributed by atoms with Crippen molar-refractivity contribution in [3.8, 4) is 0 Å². The Morgan fingerprint density at radius 3 is 2.33 bits per heavy atom. The number of amides is 1. The summed E-state index contributed by atoms with van der Waals surface area (Å²) >= 11 is 0. The summed E-state index contributed by atoms with van der Waals surface area (Å²) in [4.78, 5) is 23.5. The second kappa shape index (κ2) is 4.88. The van der Waals surface area contributed by atoms with Gasteiger partial charge in [0.25, 0.3) is 0 Å². The van der Waals surface area contributed by atoms with E-state index in [-0.39, 0.29) is 17.9 Å². The Balaban J connectivity index is 1.88. The van der Waals surface area contributed by atoms with Gasteiger partial charge in [0.2, 0.25) is 0 Å². The molecule has 1 unspecified atom stereocenters. The molecule has 102 valence electrons. The first-order valence-corrected chi connectivity index (χ1v) is 6.46. The van der Waals surface area contributed by atoms with E-state index in [0.717, 1.165) is 0 Å². The predicted octanol–water partition coefficient (Wildman–Crippen LogP) is 1.51. The fraction of sp³-hybridized carbons (Fsp3) is 0.846. The van der Waals surface area contributed by atoms with Crippen LogP contribution < -0.4 is 5.32 Å². The summed E-state index contributed by atoms with van der Waals surface area (Å²) in [7, 11) is 0. The minimum Gasteiger partial charge on any atom is -0.444 e. The van der Waals surface area contributed by atoms with Crippen molar-refractivity contribution in [2.75, 3.05) is 13.2 Å². The standard InChI is InChI=1S/C13H21NO4/c1-13(2,3)18-12(16)14-10-4-8-6-17-7-9(5-10)11(8)15/h8-10H,4-7H2,1-3H3,(H,14,16)/t8-,9+,10?. The van der Waals surface area contributed by atoms with Crippen LogP contribution in [0, 0.1) is 11.8 Å². The van der Waals surface area contributed by atoms with E-state index in [1.165, 1.54) is 0 Å². The lowest BCUT2D eigenvalue weighted by molar-refractivity contribution is -0.142. The number of carbonyl (C=O) groups excluding carboxylic acids is 2. The molecule has 1 heterocycles. The molecule has 1 saturated carbocycles. The van der Waals surface area contributed by atoms with Gasteiger partial charge in [0, 0.05) is 17.9 Å². The van der Waals surface area contributed by atoms with Gasteiger partial charge >= 0.3 is 6.09 Å². The van der Waals surface area contributed by atoms with Crippen LogP contribution >= 0.6 is 0 Å². The van der Waals surface area contributed by atoms with Crippen LogP contribution in [-0.4, -0.2) is 36.7 Å². The maximum absolute atomic E-state index is 11.8. The fourth-order valence-corrected chi connectivity index (χ4v) is 2.59. The third-order valence-electron chi connectivity index (χ3n) is 3.30. The maximum atomic E-state index is 11.8. The van der Waals surface area contributed by atoms with Crippen LogP contribution in [0.15, 0.2) is 0 Å². The lowest BCUT2D eigenvalue weighted by Crippen LogP contribution is -2.50. The van der Waals surface area contributed by atoms with Crippen molar-refractivity contribution in [1.82, 2.24) is 5.32 Å². The van der Waals surface area contributed by atoms with Gasteiger partial charge in [-0.3, -0.25) is 4.79 Å². The van der Waals surface area contributed by atoms with Gasteiger partial charge in [0.1, 0.15) is 11.4 Å². The zero-order valence-corrected chi connectivity index (χ0v) is 11.2. The van der Waals surface area contributed by atoms with Gasteiger partial charge in [-0.25, -0.2) is 4.79 Å². The lowest BCUT2D eigenvalue weighted by atomic mass is 9.76. The first kappa shape index (κ1) is 13.3. The monoisotopic (exact) mass is 255 g/mol. The summed E-state index contributed by atoms with van der Waals surface area (Å²) in [6, 6.07) is 0.0245. The average molecular weight is 255 g/mol. The topological polar surface area (TPSA) is 64.6 Å². The molecule has 1 aliphatic carbocycles. The van der Waals surface area contributed by atoms with E-state index in [0.29, 0.717) is 31.8 Å².